The molecule has 0 saturated heterocycles. The molecule has 14 heteroatoms. The van der Waals surface area contributed by atoms with Crippen LogP contribution >= 0.6 is 57.7 Å². The molecule has 3 amide bonds. The summed E-state index contributed by atoms with van der Waals surface area (Å²) in [6, 6.07) is 6.01. The highest BCUT2D eigenvalue weighted by molar-refractivity contribution is 7.15. The van der Waals surface area contributed by atoms with Gasteiger partial charge in [-0.3, -0.25) is 19.3 Å². The molecule has 0 radical (unpaired) electrons. The van der Waals surface area contributed by atoms with Gasteiger partial charge in [-0.05, 0) is 26.3 Å². The summed E-state index contributed by atoms with van der Waals surface area (Å²) in [5.41, 5.74) is 1.93. The Morgan fingerprint density at radius 2 is 1.49 bits per heavy atom. The summed E-state index contributed by atoms with van der Waals surface area (Å²) < 4.78 is 10.3. The molecule has 0 saturated carbocycles. The molecular weight excluding hydrogens is 638 g/mol. The lowest BCUT2D eigenvalue weighted by molar-refractivity contribution is -0.150. The third-order valence-corrected chi connectivity index (χ3v) is 8.79. The fourth-order valence-electron chi connectivity index (χ4n) is 4.05. The van der Waals surface area contributed by atoms with Gasteiger partial charge in [0.05, 0.1) is 37.8 Å². The fourth-order valence-corrected chi connectivity index (χ4v) is 6.03. The molecular formula is C27H20Cl4N2O7S. The topological polar surface area (TPSA) is 119 Å². The number of nitrogens with zero attached hydrogens (tertiary/aromatic N) is 1. The van der Waals surface area contributed by atoms with Crippen LogP contribution in [0.3, 0.4) is 0 Å². The number of nitrogens with one attached hydrogen (secondary N) is 1. The number of halogens is 4. The van der Waals surface area contributed by atoms with Gasteiger partial charge in [-0.25, -0.2) is 9.59 Å². The Balaban J connectivity index is 1.48. The number of amides is 3. The van der Waals surface area contributed by atoms with E-state index in [0.29, 0.717) is 10.5 Å². The van der Waals surface area contributed by atoms with E-state index in [-0.39, 0.29) is 48.4 Å². The zero-order chi connectivity index (χ0) is 30.2. The molecule has 1 atom stereocenters. The maximum absolute atomic E-state index is 13.0. The molecule has 0 bridgehead atoms. The number of carbonyl (C=O) groups excluding carboxylic acids is 5. The SMILES string of the molecule is CCOC(=O)c1c(-c2ccc(C)cc2)csc1NC(=O)COC(=O)C(C)N1C(=O)c2c(Cl)c(Cl)c(Cl)c(Cl)c2C1=O. The molecule has 2 heterocycles. The van der Waals surface area contributed by atoms with E-state index in [1.807, 2.05) is 31.2 Å². The van der Waals surface area contributed by atoms with Crippen LogP contribution in [0.4, 0.5) is 5.00 Å². The fraction of sp³-hybridized carbons (Fsp3) is 0.222. The van der Waals surface area contributed by atoms with Crippen molar-refractivity contribution < 1.29 is 33.4 Å². The quantitative estimate of drug-likeness (QED) is 0.124. The minimum atomic E-state index is -1.45. The van der Waals surface area contributed by atoms with Crippen LogP contribution in [0.1, 0.15) is 50.5 Å². The molecule has 1 aliphatic rings. The van der Waals surface area contributed by atoms with Crippen molar-refractivity contribution in [2.24, 2.45) is 0 Å². The number of hydrogen-bond acceptors (Lipinski definition) is 8. The highest BCUT2D eigenvalue weighted by atomic mass is 35.5. The number of esters is 2. The van der Waals surface area contributed by atoms with Gasteiger partial charge in [-0.15, -0.1) is 11.3 Å². The smallest absolute Gasteiger partial charge is 0.341 e. The first-order valence-corrected chi connectivity index (χ1v) is 14.3. The van der Waals surface area contributed by atoms with Crippen molar-refractivity contribution in [3.63, 3.8) is 0 Å². The maximum atomic E-state index is 13.0. The lowest BCUT2D eigenvalue weighted by Crippen LogP contribution is -2.44. The first-order chi connectivity index (χ1) is 19.4. The molecule has 1 unspecified atom stereocenters. The number of imide groups is 1. The molecule has 1 aromatic heterocycles. The average Bonchev–Trinajstić information content (AvgIpc) is 3.47. The van der Waals surface area contributed by atoms with Crippen molar-refractivity contribution >= 4 is 92.4 Å². The summed E-state index contributed by atoms with van der Waals surface area (Å²) in [6.07, 6.45) is 0. The average molecular weight is 658 g/mol. The number of thiophene rings is 1. The van der Waals surface area contributed by atoms with Gasteiger partial charge in [-0.2, -0.15) is 0 Å². The third-order valence-electron chi connectivity index (χ3n) is 6.09. The molecule has 0 spiro atoms. The molecule has 2 aromatic carbocycles. The van der Waals surface area contributed by atoms with Crippen molar-refractivity contribution in [2.45, 2.75) is 26.8 Å². The largest absolute Gasteiger partial charge is 0.462 e. The second-order valence-electron chi connectivity index (χ2n) is 8.76. The van der Waals surface area contributed by atoms with Crippen LogP contribution in [0.5, 0.6) is 0 Å². The van der Waals surface area contributed by atoms with E-state index in [1.165, 1.54) is 6.92 Å². The third kappa shape index (κ3) is 5.80. The summed E-state index contributed by atoms with van der Waals surface area (Å²) in [5, 5.41) is 3.48. The van der Waals surface area contributed by atoms with E-state index in [4.69, 9.17) is 55.9 Å². The van der Waals surface area contributed by atoms with E-state index in [0.717, 1.165) is 22.5 Å². The van der Waals surface area contributed by atoms with E-state index in [2.05, 4.69) is 5.32 Å². The van der Waals surface area contributed by atoms with Gasteiger partial charge in [0.25, 0.3) is 17.7 Å². The summed E-state index contributed by atoms with van der Waals surface area (Å²) in [6.45, 7) is 4.18. The number of benzene rings is 2. The Hall–Kier alpha value is -3.15. The molecule has 41 heavy (non-hydrogen) atoms. The normalized spacial score (nSPS) is 13.2. The highest BCUT2D eigenvalue weighted by Gasteiger charge is 2.45. The molecule has 4 rings (SSSR count). The van der Waals surface area contributed by atoms with Crippen molar-refractivity contribution in [1.82, 2.24) is 4.90 Å². The molecule has 1 aliphatic heterocycles. The molecule has 0 aliphatic carbocycles. The minimum absolute atomic E-state index is 0.123. The van der Waals surface area contributed by atoms with E-state index in [1.54, 1.807) is 12.3 Å². The Morgan fingerprint density at radius 1 is 0.927 bits per heavy atom. The molecule has 9 nitrogen and oxygen atoms in total. The van der Waals surface area contributed by atoms with Crippen LogP contribution in [0.15, 0.2) is 29.6 Å². The Bertz CT molecular complexity index is 1560. The van der Waals surface area contributed by atoms with Crippen molar-refractivity contribution in [3.05, 3.63) is 72.0 Å². The number of fused-ring (bicyclic) bond motifs is 1. The summed E-state index contributed by atoms with van der Waals surface area (Å²) in [5.74, 6) is -4.30. The number of rotatable bonds is 8. The van der Waals surface area contributed by atoms with Crippen LogP contribution in [0.25, 0.3) is 11.1 Å². The van der Waals surface area contributed by atoms with Crippen LogP contribution < -0.4 is 5.32 Å². The van der Waals surface area contributed by atoms with Gasteiger partial charge in [0.2, 0.25) is 0 Å². The minimum Gasteiger partial charge on any atom is -0.462 e. The van der Waals surface area contributed by atoms with E-state index >= 15 is 0 Å². The molecule has 3 aromatic rings. The van der Waals surface area contributed by atoms with Gasteiger partial charge in [0, 0.05) is 10.9 Å². The standard InChI is InChI=1S/C27H20Cl4N2O7S/c1-4-39-27(38)16-14(13-7-5-11(2)6-8-13)10-41-23(16)32-15(34)9-40-26(37)12(3)33-24(35)17-18(25(33)36)20(29)22(31)21(30)19(17)28/h5-8,10,12H,4,9H2,1-3H3,(H,32,34). The Morgan fingerprint density at radius 3 is 2.02 bits per heavy atom. The number of ether oxygens (including phenoxy) is 2. The number of hydrogen-bond donors (Lipinski definition) is 1. The second kappa shape index (κ2) is 12.4. The van der Waals surface area contributed by atoms with Crippen LogP contribution in [-0.4, -0.2) is 53.8 Å². The first-order valence-electron chi connectivity index (χ1n) is 11.9. The summed E-state index contributed by atoms with van der Waals surface area (Å²) >= 11 is 25.4. The van der Waals surface area contributed by atoms with Crippen LogP contribution in [0, 0.1) is 6.92 Å². The van der Waals surface area contributed by atoms with E-state index < -0.39 is 42.3 Å². The Labute approximate surface area is 258 Å². The molecule has 0 fully saturated rings. The predicted molar refractivity (Wildman–Crippen MR) is 156 cm³/mol. The first kappa shape index (κ1) is 30.8. The van der Waals surface area contributed by atoms with Gasteiger partial charge in [-0.1, -0.05) is 76.2 Å². The van der Waals surface area contributed by atoms with Crippen LogP contribution in [-0.2, 0) is 19.1 Å². The predicted octanol–water partition coefficient (Wildman–Crippen LogP) is 6.68. The van der Waals surface area contributed by atoms with Crippen LogP contribution in [0.2, 0.25) is 20.1 Å². The number of aryl methyl sites for hydroxylation is 1. The van der Waals surface area contributed by atoms with E-state index in [9.17, 15) is 24.0 Å². The lowest BCUT2D eigenvalue weighted by atomic mass is 10.0. The summed E-state index contributed by atoms with van der Waals surface area (Å²) in [4.78, 5) is 64.8. The monoisotopic (exact) mass is 656 g/mol. The molecule has 214 valence electrons. The maximum Gasteiger partial charge on any atom is 0.341 e. The van der Waals surface area contributed by atoms with Crippen molar-refractivity contribution in [3.8, 4) is 11.1 Å². The van der Waals surface area contributed by atoms with Gasteiger partial charge in [0.1, 0.15) is 16.6 Å². The molecule has 1 N–H and O–H groups in total. The van der Waals surface area contributed by atoms with Gasteiger partial charge >= 0.3 is 11.9 Å². The van der Waals surface area contributed by atoms with Crippen molar-refractivity contribution in [2.75, 3.05) is 18.5 Å². The van der Waals surface area contributed by atoms with Gasteiger partial charge in [0.15, 0.2) is 6.61 Å². The zero-order valence-corrected chi connectivity index (χ0v) is 25.4. The zero-order valence-electron chi connectivity index (χ0n) is 21.6. The Kier molecular flexibility index (Phi) is 9.30. The lowest BCUT2D eigenvalue weighted by Gasteiger charge is -2.20. The number of anilines is 1. The summed E-state index contributed by atoms with van der Waals surface area (Å²) in [7, 11) is 0. The number of carbonyl (C=O) groups is 5. The second-order valence-corrected chi connectivity index (χ2v) is 11.1. The highest BCUT2D eigenvalue weighted by Crippen LogP contribution is 2.45. The van der Waals surface area contributed by atoms with Gasteiger partial charge < -0.3 is 14.8 Å². The van der Waals surface area contributed by atoms with Crippen molar-refractivity contribution in [1.29, 1.82) is 0 Å².